The molecular weight excluding hydrogens is 164 g/mol. The Balaban J connectivity index is 2.03. The zero-order chi connectivity index (χ0) is 9.68. The normalized spacial score (nSPS) is 26.5. The molecule has 2 N–H and O–H groups in total. The average Bonchev–Trinajstić information content (AvgIpc) is 2.52. The van der Waals surface area contributed by atoms with Gasteiger partial charge in [0.05, 0.1) is 6.10 Å². The number of hydrogen-bond acceptors (Lipinski definition) is 3. The second kappa shape index (κ2) is 5.58. The first-order chi connectivity index (χ1) is 6.22. The highest BCUT2D eigenvalue weighted by Crippen LogP contribution is 2.14. The van der Waals surface area contributed by atoms with Gasteiger partial charge >= 0.3 is 0 Å². The van der Waals surface area contributed by atoms with Gasteiger partial charge in [0.25, 0.3) is 0 Å². The van der Waals surface area contributed by atoms with Crippen molar-refractivity contribution >= 4 is 0 Å². The van der Waals surface area contributed by atoms with Crippen LogP contribution in [0.2, 0.25) is 0 Å². The van der Waals surface area contributed by atoms with Gasteiger partial charge in [-0.25, -0.2) is 0 Å². The molecule has 13 heavy (non-hydrogen) atoms. The minimum absolute atomic E-state index is 0.219. The summed E-state index contributed by atoms with van der Waals surface area (Å²) in [7, 11) is 0. The van der Waals surface area contributed by atoms with E-state index in [9.17, 15) is 0 Å². The van der Waals surface area contributed by atoms with Crippen LogP contribution in [0.4, 0.5) is 0 Å². The topological polar surface area (TPSA) is 35.5 Å². The van der Waals surface area contributed by atoms with E-state index in [0.717, 1.165) is 19.0 Å². The summed E-state index contributed by atoms with van der Waals surface area (Å²) in [4.78, 5) is 2.48. The molecule has 0 radical (unpaired) electrons. The first-order valence-corrected chi connectivity index (χ1v) is 5.33. The fourth-order valence-electron chi connectivity index (χ4n) is 1.86. The summed E-state index contributed by atoms with van der Waals surface area (Å²) in [6.45, 7) is 9.46. The summed E-state index contributed by atoms with van der Waals surface area (Å²) < 4.78 is 0. The lowest BCUT2D eigenvalue weighted by Gasteiger charge is -2.14. The summed E-state index contributed by atoms with van der Waals surface area (Å²) >= 11 is 0. The average molecular weight is 186 g/mol. The smallest absolute Gasteiger partial charge is 0.0636 e. The van der Waals surface area contributed by atoms with Crippen LogP contribution in [0.25, 0.3) is 0 Å². The van der Waals surface area contributed by atoms with E-state index in [-0.39, 0.29) is 6.10 Å². The van der Waals surface area contributed by atoms with E-state index in [1.54, 1.807) is 0 Å². The molecule has 0 aliphatic carbocycles. The molecule has 1 heterocycles. The Bertz CT molecular complexity index is 139. The van der Waals surface area contributed by atoms with E-state index in [4.69, 9.17) is 5.11 Å². The Morgan fingerprint density at radius 3 is 2.92 bits per heavy atom. The van der Waals surface area contributed by atoms with Crippen molar-refractivity contribution in [3.8, 4) is 0 Å². The van der Waals surface area contributed by atoms with Gasteiger partial charge in [-0.1, -0.05) is 6.92 Å². The van der Waals surface area contributed by atoms with Crippen molar-refractivity contribution < 1.29 is 5.11 Å². The number of nitrogens with zero attached hydrogens (tertiary/aromatic N) is 1. The highest BCUT2D eigenvalue weighted by atomic mass is 16.3. The molecule has 1 fully saturated rings. The molecule has 2 atom stereocenters. The molecule has 3 heteroatoms. The van der Waals surface area contributed by atoms with E-state index in [1.807, 2.05) is 6.92 Å². The Labute approximate surface area is 81.1 Å². The summed E-state index contributed by atoms with van der Waals surface area (Å²) in [6, 6.07) is 0. The third-order valence-electron chi connectivity index (χ3n) is 2.69. The summed E-state index contributed by atoms with van der Waals surface area (Å²) in [6.07, 6.45) is 1.09. The first kappa shape index (κ1) is 11.0. The number of aliphatic hydroxyl groups excluding tert-OH is 1. The Hall–Kier alpha value is -0.120. The van der Waals surface area contributed by atoms with E-state index in [0.29, 0.717) is 0 Å². The minimum atomic E-state index is -0.219. The molecule has 0 aromatic rings. The van der Waals surface area contributed by atoms with Gasteiger partial charge in [-0.3, -0.25) is 0 Å². The Morgan fingerprint density at radius 2 is 2.38 bits per heavy atom. The van der Waals surface area contributed by atoms with Crippen LogP contribution < -0.4 is 5.32 Å². The second-order valence-electron chi connectivity index (χ2n) is 4.06. The van der Waals surface area contributed by atoms with Crippen molar-refractivity contribution in [1.29, 1.82) is 0 Å². The summed E-state index contributed by atoms with van der Waals surface area (Å²) in [5.41, 5.74) is 0. The highest BCUT2D eigenvalue weighted by Gasteiger charge is 2.20. The summed E-state index contributed by atoms with van der Waals surface area (Å²) in [5.74, 6) is 0.790. The molecule has 0 bridgehead atoms. The minimum Gasteiger partial charge on any atom is -0.392 e. The van der Waals surface area contributed by atoms with Crippen molar-refractivity contribution in [3.05, 3.63) is 0 Å². The van der Waals surface area contributed by atoms with Crippen molar-refractivity contribution in [3.63, 3.8) is 0 Å². The maximum atomic E-state index is 9.05. The first-order valence-electron chi connectivity index (χ1n) is 5.33. The lowest BCUT2D eigenvalue weighted by molar-refractivity contribution is 0.189. The van der Waals surface area contributed by atoms with Crippen LogP contribution in [0.3, 0.4) is 0 Å². The molecule has 0 aromatic carbocycles. The molecule has 0 amide bonds. The molecule has 0 spiro atoms. The van der Waals surface area contributed by atoms with Crippen molar-refractivity contribution in [2.24, 2.45) is 5.92 Å². The fraction of sp³-hybridized carbons (Fsp3) is 1.00. The third kappa shape index (κ3) is 4.07. The van der Waals surface area contributed by atoms with Gasteiger partial charge < -0.3 is 15.3 Å². The largest absolute Gasteiger partial charge is 0.392 e. The molecular formula is C10H22N2O. The fourth-order valence-corrected chi connectivity index (χ4v) is 1.86. The lowest BCUT2D eigenvalue weighted by atomic mass is 10.1. The van der Waals surface area contributed by atoms with E-state index < -0.39 is 0 Å². The van der Waals surface area contributed by atoms with Crippen LogP contribution in [0, 0.1) is 5.92 Å². The zero-order valence-electron chi connectivity index (χ0n) is 8.79. The molecule has 0 saturated carbocycles. The van der Waals surface area contributed by atoms with Crippen LogP contribution in [0.15, 0.2) is 0 Å². The number of rotatable bonds is 5. The third-order valence-corrected chi connectivity index (χ3v) is 2.69. The molecule has 78 valence electrons. The molecule has 1 aliphatic rings. The van der Waals surface area contributed by atoms with Crippen LogP contribution in [-0.4, -0.2) is 48.8 Å². The predicted molar refractivity (Wildman–Crippen MR) is 54.8 cm³/mol. The number of aliphatic hydroxyl groups is 1. The quantitative estimate of drug-likeness (QED) is 0.648. The molecule has 1 aliphatic heterocycles. The number of hydrogen-bond donors (Lipinski definition) is 2. The van der Waals surface area contributed by atoms with E-state index >= 15 is 0 Å². The van der Waals surface area contributed by atoms with Crippen LogP contribution in [0.5, 0.6) is 0 Å². The molecule has 3 nitrogen and oxygen atoms in total. The van der Waals surface area contributed by atoms with Gasteiger partial charge in [0, 0.05) is 13.1 Å². The standard InChI is InChI=1S/C10H22N2O/c1-3-12-5-4-10(8-12)7-11-6-9(2)13/h9-11,13H,3-8H2,1-2H3/t9-,10?/m1/s1. The van der Waals surface area contributed by atoms with Crippen molar-refractivity contribution in [2.75, 3.05) is 32.7 Å². The lowest BCUT2D eigenvalue weighted by Crippen LogP contribution is -2.30. The van der Waals surface area contributed by atoms with Crippen LogP contribution in [0.1, 0.15) is 20.3 Å². The molecule has 1 rings (SSSR count). The zero-order valence-corrected chi connectivity index (χ0v) is 8.79. The van der Waals surface area contributed by atoms with Crippen molar-refractivity contribution in [2.45, 2.75) is 26.4 Å². The van der Waals surface area contributed by atoms with E-state index in [2.05, 4.69) is 17.1 Å². The molecule has 0 aromatic heterocycles. The maximum Gasteiger partial charge on any atom is 0.0636 e. The maximum absolute atomic E-state index is 9.05. The number of likely N-dealkylation sites (tertiary alicyclic amines) is 1. The second-order valence-corrected chi connectivity index (χ2v) is 4.06. The highest BCUT2D eigenvalue weighted by molar-refractivity contribution is 4.76. The molecule has 1 unspecified atom stereocenters. The Kier molecular flexibility index (Phi) is 4.70. The number of nitrogens with one attached hydrogen (secondary N) is 1. The van der Waals surface area contributed by atoms with Gasteiger partial charge in [-0.2, -0.15) is 0 Å². The van der Waals surface area contributed by atoms with Gasteiger partial charge in [0.2, 0.25) is 0 Å². The van der Waals surface area contributed by atoms with Crippen LogP contribution in [-0.2, 0) is 0 Å². The molecule has 1 saturated heterocycles. The van der Waals surface area contributed by atoms with E-state index in [1.165, 1.54) is 26.1 Å². The van der Waals surface area contributed by atoms with Gasteiger partial charge in [-0.05, 0) is 38.9 Å². The monoisotopic (exact) mass is 186 g/mol. The summed E-state index contributed by atoms with van der Waals surface area (Å²) in [5, 5.41) is 12.3. The SMILES string of the molecule is CCN1CCC(CNC[C@@H](C)O)C1. The predicted octanol–water partition coefficient (Wildman–Crippen LogP) is 0.299. The van der Waals surface area contributed by atoms with Crippen LogP contribution >= 0.6 is 0 Å². The van der Waals surface area contributed by atoms with Gasteiger partial charge in [-0.15, -0.1) is 0 Å². The van der Waals surface area contributed by atoms with Gasteiger partial charge in [0.1, 0.15) is 0 Å². The van der Waals surface area contributed by atoms with Gasteiger partial charge in [0.15, 0.2) is 0 Å². The van der Waals surface area contributed by atoms with Crippen molar-refractivity contribution in [1.82, 2.24) is 10.2 Å². The Morgan fingerprint density at radius 1 is 1.62 bits per heavy atom.